The van der Waals surface area contributed by atoms with Crippen molar-refractivity contribution < 1.29 is 14.7 Å². The zero-order valence-electron chi connectivity index (χ0n) is 15.8. The minimum absolute atomic E-state index is 0.0892. The van der Waals surface area contributed by atoms with E-state index in [1.54, 1.807) is 11.9 Å². The number of hydrogen-bond donors (Lipinski definition) is 2. The Morgan fingerprint density at radius 1 is 1.27 bits per heavy atom. The van der Waals surface area contributed by atoms with Gasteiger partial charge >= 0.3 is 0 Å². The molecule has 3 heterocycles. The molecule has 7 heteroatoms. The van der Waals surface area contributed by atoms with E-state index >= 15 is 0 Å². The van der Waals surface area contributed by atoms with Crippen LogP contribution in [-0.4, -0.2) is 70.6 Å². The van der Waals surface area contributed by atoms with Gasteiger partial charge in [0.1, 0.15) is 5.69 Å². The molecule has 2 aliphatic rings. The van der Waals surface area contributed by atoms with E-state index in [2.05, 4.69) is 10.2 Å². The Hall–Kier alpha value is -1.86. The van der Waals surface area contributed by atoms with Crippen molar-refractivity contribution in [1.82, 2.24) is 19.7 Å². The third-order valence-corrected chi connectivity index (χ3v) is 5.62. The van der Waals surface area contributed by atoms with Gasteiger partial charge in [0.05, 0.1) is 12.1 Å². The van der Waals surface area contributed by atoms with Crippen LogP contribution in [0.2, 0.25) is 0 Å². The quantitative estimate of drug-likeness (QED) is 0.788. The highest BCUT2D eigenvalue weighted by Crippen LogP contribution is 2.32. The molecule has 7 nitrogen and oxygen atoms in total. The van der Waals surface area contributed by atoms with Crippen LogP contribution in [0.5, 0.6) is 0 Å². The van der Waals surface area contributed by atoms with E-state index in [9.17, 15) is 14.7 Å². The van der Waals surface area contributed by atoms with Crippen molar-refractivity contribution in [1.29, 1.82) is 0 Å². The summed E-state index contributed by atoms with van der Waals surface area (Å²) in [6.45, 7) is 2.65. The Kier molecular flexibility index (Phi) is 5.98. The van der Waals surface area contributed by atoms with Gasteiger partial charge in [-0.05, 0) is 37.9 Å². The lowest BCUT2D eigenvalue weighted by atomic mass is 9.98. The highest BCUT2D eigenvalue weighted by atomic mass is 16.3. The lowest BCUT2D eigenvalue weighted by Gasteiger charge is -2.37. The Morgan fingerprint density at radius 2 is 2.08 bits per heavy atom. The lowest BCUT2D eigenvalue weighted by Crippen LogP contribution is -2.44. The predicted molar refractivity (Wildman–Crippen MR) is 98.8 cm³/mol. The van der Waals surface area contributed by atoms with E-state index in [0.29, 0.717) is 25.2 Å². The van der Waals surface area contributed by atoms with Gasteiger partial charge in [0.2, 0.25) is 5.91 Å². The third kappa shape index (κ3) is 3.94. The molecular weight excluding hydrogens is 332 g/mol. The molecule has 144 valence electrons. The maximum absolute atomic E-state index is 12.0. The number of aliphatic hydroxyl groups is 1. The number of hydrogen-bond acceptors (Lipinski definition) is 4. The highest BCUT2D eigenvalue weighted by Gasteiger charge is 2.30. The molecule has 2 amide bonds. The number of amides is 2. The maximum atomic E-state index is 12.0. The van der Waals surface area contributed by atoms with Crippen molar-refractivity contribution in [3.05, 3.63) is 23.5 Å². The fourth-order valence-corrected chi connectivity index (χ4v) is 4.24. The van der Waals surface area contributed by atoms with Crippen LogP contribution in [0.3, 0.4) is 0 Å². The van der Waals surface area contributed by atoms with E-state index in [-0.39, 0.29) is 17.9 Å². The number of carbonyl (C=O) groups excluding carboxylic acids is 2. The molecule has 2 N–H and O–H groups in total. The summed E-state index contributed by atoms with van der Waals surface area (Å²) in [5.41, 5.74) is 1.75. The molecule has 3 rings (SSSR count). The molecular formula is C19H30N4O3. The molecule has 2 saturated heterocycles. The summed E-state index contributed by atoms with van der Waals surface area (Å²) in [5, 5.41) is 13.2. The Bertz CT molecular complexity index is 657. The van der Waals surface area contributed by atoms with Crippen molar-refractivity contribution in [3.8, 4) is 0 Å². The van der Waals surface area contributed by atoms with Crippen LogP contribution in [0, 0.1) is 0 Å². The summed E-state index contributed by atoms with van der Waals surface area (Å²) < 4.78 is 1.96. The number of nitrogens with zero attached hydrogens (tertiary/aromatic N) is 3. The SMILES string of the molecule is CNC(=O)c1ccc(C2CCCCN2CC(O)CN2CCCC2=O)n1C. The number of carbonyl (C=O) groups is 2. The molecule has 26 heavy (non-hydrogen) atoms. The first-order chi connectivity index (χ1) is 12.5. The summed E-state index contributed by atoms with van der Waals surface area (Å²) in [7, 11) is 3.56. The number of aliphatic hydroxyl groups excluding tert-OH is 1. The first kappa shape index (κ1) is 18.9. The van der Waals surface area contributed by atoms with Crippen LogP contribution in [0.1, 0.15) is 54.3 Å². The lowest BCUT2D eigenvalue weighted by molar-refractivity contribution is -0.129. The fraction of sp³-hybridized carbons (Fsp3) is 0.684. The van der Waals surface area contributed by atoms with Crippen LogP contribution in [-0.2, 0) is 11.8 Å². The number of β-amino-alcohol motifs (C(OH)–C–C–N with tert-alkyl or cyclic N) is 1. The van der Waals surface area contributed by atoms with Crippen LogP contribution >= 0.6 is 0 Å². The molecule has 0 aromatic carbocycles. The average molecular weight is 362 g/mol. The van der Waals surface area contributed by atoms with Crippen molar-refractivity contribution in [2.45, 2.75) is 44.2 Å². The first-order valence-corrected chi connectivity index (χ1v) is 9.59. The van der Waals surface area contributed by atoms with Crippen molar-refractivity contribution in [3.63, 3.8) is 0 Å². The molecule has 2 unspecified atom stereocenters. The van der Waals surface area contributed by atoms with Gasteiger partial charge in [-0.25, -0.2) is 0 Å². The van der Waals surface area contributed by atoms with E-state index in [1.807, 2.05) is 23.7 Å². The summed E-state index contributed by atoms with van der Waals surface area (Å²) in [6, 6.07) is 4.07. The molecule has 1 aromatic rings. The van der Waals surface area contributed by atoms with E-state index in [4.69, 9.17) is 0 Å². The van der Waals surface area contributed by atoms with Crippen LogP contribution in [0.25, 0.3) is 0 Å². The van der Waals surface area contributed by atoms with Crippen LogP contribution in [0.15, 0.2) is 12.1 Å². The Labute approximate surface area is 154 Å². The van der Waals surface area contributed by atoms with E-state index < -0.39 is 6.10 Å². The van der Waals surface area contributed by atoms with Gasteiger partial charge in [0, 0.05) is 45.8 Å². The largest absolute Gasteiger partial charge is 0.390 e. The van der Waals surface area contributed by atoms with Crippen molar-refractivity contribution >= 4 is 11.8 Å². The van der Waals surface area contributed by atoms with Crippen molar-refractivity contribution in [2.75, 3.05) is 33.2 Å². The smallest absolute Gasteiger partial charge is 0.267 e. The minimum Gasteiger partial charge on any atom is -0.390 e. The molecule has 2 aliphatic heterocycles. The highest BCUT2D eigenvalue weighted by molar-refractivity contribution is 5.92. The molecule has 0 aliphatic carbocycles. The first-order valence-electron chi connectivity index (χ1n) is 9.59. The van der Waals surface area contributed by atoms with Crippen molar-refractivity contribution in [2.24, 2.45) is 7.05 Å². The molecule has 0 saturated carbocycles. The van der Waals surface area contributed by atoms with Gasteiger partial charge in [0.15, 0.2) is 0 Å². The predicted octanol–water partition coefficient (Wildman–Crippen LogP) is 0.895. The molecule has 1 aromatic heterocycles. The Balaban J connectivity index is 1.69. The zero-order chi connectivity index (χ0) is 18.7. The third-order valence-electron chi connectivity index (χ3n) is 5.62. The van der Waals surface area contributed by atoms with Gasteiger partial charge < -0.3 is 19.9 Å². The number of aromatic nitrogens is 1. The summed E-state index contributed by atoms with van der Waals surface area (Å²) in [6.07, 6.45) is 4.21. The van der Waals surface area contributed by atoms with Gasteiger partial charge in [-0.1, -0.05) is 6.42 Å². The van der Waals surface area contributed by atoms with Gasteiger partial charge in [-0.15, -0.1) is 0 Å². The molecule has 0 spiro atoms. The van der Waals surface area contributed by atoms with Crippen LogP contribution < -0.4 is 5.32 Å². The maximum Gasteiger partial charge on any atom is 0.267 e. The molecule has 0 bridgehead atoms. The van der Waals surface area contributed by atoms with Gasteiger partial charge in [0.25, 0.3) is 5.91 Å². The number of likely N-dealkylation sites (tertiary alicyclic amines) is 2. The molecule has 2 fully saturated rings. The second-order valence-corrected chi connectivity index (χ2v) is 7.39. The van der Waals surface area contributed by atoms with Gasteiger partial charge in [-0.3, -0.25) is 14.5 Å². The summed E-state index contributed by atoms with van der Waals surface area (Å²) in [5.74, 6) is 0.0607. The number of piperidine rings is 1. The average Bonchev–Trinajstić information content (AvgIpc) is 3.20. The topological polar surface area (TPSA) is 77.8 Å². The number of nitrogens with one attached hydrogen (secondary N) is 1. The van der Waals surface area contributed by atoms with E-state index in [1.165, 1.54) is 0 Å². The van der Waals surface area contributed by atoms with Crippen LogP contribution in [0.4, 0.5) is 0 Å². The van der Waals surface area contributed by atoms with Gasteiger partial charge in [-0.2, -0.15) is 0 Å². The molecule has 0 radical (unpaired) electrons. The molecule has 2 atom stereocenters. The second-order valence-electron chi connectivity index (χ2n) is 7.39. The normalized spacial score (nSPS) is 22.7. The monoisotopic (exact) mass is 362 g/mol. The fourth-order valence-electron chi connectivity index (χ4n) is 4.24. The zero-order valence-corrected chi connectivity index (χ0v) is 15.8. The number of rotatable bonds is 6. The summed E-state index contributed by atoms with van der Waals surface area (Å²) >= 11 is 0. The minimum atomic E-state index is -0.545. The van der Waals surface area contributed by atoms with E-state index in [0.717, 1.165) is 44.5 Å². The second kappa shape index (κ2) is 8.22. The Morgan fingerprint density at radius 3 is 2.77 bits per heavy atom. The standard InChI is InChI=1S/C19H30N4O3/c1-20-19(26)17-9-8-15(21(17)2)16-6-3-4-10-22(16)12-14(24)13-23-11-5-7-18(23)25/h8-9,14,16,24H,3-7,10-13H2,1-2H3,(H,20,26). The summed E-state index contributed by atoms with van der Waals surface area (Å²) in [4.78, 5) is 27.9.